The van der Waals surface area contributed by atoms with Crippen molar-refractivity contribution in [3.8, 4) is 0 Å². The Balaban J connectivity index is 0.00000126. The molecule has 0 bridgehead atoms. The van der Waals surface area contributed by atoms with Crippen molar-refractivity contribution in [2.24, 2.45) is 105 Å². The number of carboxylic acid groups (broad SMARTS) is 4. The molecule has 16 nitrogen and oxygen atoms in total. The van der Waals surface area contributed by atoms with Crippen molar-refractivity contribution in [1.82, 2.24) is 0 Å². The SMILES string of the molecule is CCCC(C)(C)C1(C(=O)O)N=C(C(C)(C)CC)C(C(C)(C)CC)=N1.CCCC(C)(C)C1(C(=O)O)N=C(C(C)(C)CC)C(C(C)(C)CC)=N1.CCCC(C)(C)C1(C(=O)[O-])N=C(C(C)(C)CC)C(C(C)(C)CC)=N1.CCCC(C)(C)C1(C(=O)[O-])N=C(C(C)(C)CC)C(C(C)(C)CC)=N1.[Ba+2]. The van der Waals surface area contributed by atoms with E-state index < -0.39 is 68.2 Å². The number of aliphatic carboxylic acids is 4. The Kier molecular flexibility index (Phi) is 32.4. The fraction of sp³-hybridized carbons (Fsp3) is 0.850. The number of hydrogen-bond donors (Lipinski definition) is 2. The number of aliphatic imine (C=N–C) groups is 8. The van der Waals surface area contributed by atoms with Crippen molar-refractivity contribution in [3.05, 3.63) is 0 Å². The van der Waals surface area contributed by atoms with Crippen molar-refractivity contribution in [1.29, 1.82) is 0 Å². The molecule has 552 valence electrons. The maximum atomic E-state index is 12.4. The van der Waals surface area contributed by atoms with Crippen LogP contribution in [0.4, 0.5) is 0 Å². The fourth-order valence-corrected chi connectivity index (χ4v) is 12.8. The van der Waals surface area contributed by atoms with Crippen LogP contribution >= 0.6 is 0 Å². The zero-order valence-corrected chi connectivity index (χ0v) is 73.4. The van der Waals surface area contributed by atoms with Gasteiger partial charge in [-0.3, -0.25) is 20.0 Å². The van der Waals surface area contributed by atoms with E-state index in [1.807, 2.05) is 55.4 Å². The predicted octanol–water partition coefficient (Wildman–Crippen LogP) is 18.4. The molecule has 0 aromatic heterocycles. The number of carbonyl (C=O) groups is 4. The van der Waals surface area contributed by atoms with Gasteiger partial charge in [-0.2, -0.15) is 0 Å². The number of rotatable bonds is 32. The first-order valence-electron chi connectivity index (χ1n) is 37.0. The van der Waals surface area contributed by atoms with Crippen LogP contribution in [-0.2, 0) is 19.2 Å². The number of carboxylic acids is 4. The van der Waals surface area contributed by atoms with Crippen LogP contribution in [0.3, 0.4) is 0 Å². The molecular formula is C80H142BaN8O8. The molecule has 97 heavy (non-hydrogen) atoms. The summed E-state index contributed by atoms with van der Waals surface area (Å²) in [6.07, 6.45) is 13.7. The molecule has 0 fully saturated rings. The molecule has 2 N–H and O–H groups in total. The van der Waals surface area contributed by atoms with Gasteiger partial charge in [0.1, 0.15) is 0 Å². The third-order valence-corrected chi connectivity index (χ3v) is 23.7. The molecule has 4 heterocycles. The van der Waals surface area contributed by atoms with Crippen molar-refractivity contribution in [3.63, 3.8) is 0 Å². The molecular weight excluding hydrogens is 1340 g/mol. The number of hydrogen-bond acceptors (Lipinski definition) is 14. The molecule has 0 saturated carbocycles. The molecule has 4 aliphatic rings. The Morgan fingerprint density at radius 3 is 0.474 bits per heavy atom. The van der Waals surface area contributed by atoms with Crippen LogP contribution in [0.15, 0.2) is 39.9 Å². The largest absolute Gasteiger partial charge is 2.00 e. The summed E-state index contributed by atoms with van der Waals surface area (Å²) in [6, 6.07) is 0. The second kappa shape index (κ2) is 33.5. The molecule has 4 rings (SSSR count). The summed E-state index contributed by atoms with van der Waals surface area (Å²) in [5.41, 5.74) is -2.89. The normalized spacial score (nSPS) is 18.2. The second-order valence-corrected chi connectivity index (χ2v) is 36.0. The Morgan fingerprint density at radius 1 is 0.268 bits per heavy atom. The maximum absolute atomic E-state index is 12.4. The molecule has 17 heteroatoms. The van der Waals surface area contributed by atoms with Crippen LogP contribution in [0.25, 0.3) is 0 Å². The van der Waals surface area contributed by atoms with Crippen LogP contribution in [0.2, 0.25) is 0 Å². The first-order valence-corrected chi connectivity index (χ1v) is 37.0. The van der Waals surface area contributed by atoms with E-state index in [9.17, 15) is 39.6 Å². The molecule has 0 saturated heterocycles. The average molecular weight is 1480 g/mol. The van der Waals surface area contributed by atoms with Crippen LogP contribution < -0.4 is 10.2 Å². The van der Waals surface area contributed by atoms with E-state index in [1.165, 1.54) is 0 Å². The number of carbonyl (C=O) groups excluding carboxylic acids is 2. The summed E-state index contributed by atoms with van der Waals surface area (Å²) in [4.78, 5) is 87.8. The third kappa shape index (κ3) is 19.0. The minimum absolute atomic E-state index is 0. The van der Waals surface area contributed by atoms with E-state index in [1.54, 1.807) is 0 Å². The van der Waals surface area contributed by atoms with E-state index >= 15 is 0 Å². The van der Waals surface area contributed by atoms with Crippen molar-refractivity contribution < 1.29 is 39.6 Å². The van der Waals surface area contributed by atoms with Gasteiger partial charge in [-0.05, 0) is 77.0 Å². The summed E-state index contributed by atoms with van der Waals surface area (Å²) in [6.45, 7) is 74.9. The monoisotopic (exact) mass is 1480 g/mol. The van der Waals surface area contributed by atoms with Crippen LogP contribution in [-0.4, -0.2) is 151 Å². The summed E-state index contributed by atoms with van der Waals surface area (Å²) in [5, 5.41) is 44.7. The van der Waals surface area contributed by atoms with Gasteiger partial charge in [-0.25, -0.2) is 29.6 Å². The van der Waals surface area contributed by atoms with Gasteiger partial charge >= 0.3 is 60.8 Å². The zero-order chi connectivity index (χ0) is 75.9. The fourth-order valence-electron chi connectivity index (χ4n) is 12.8. The summed E-state index contributed by atoms with van der Waals surface area (Å²) < 4.78 is 0. The smallest absolute Gasteiger partial charge is 0.545 e. The van der Waals surface area contributed by atoms with Gasteiger partial charge in [0.2, 0.25) is 0 Å². The summed E-state index contributed by atoms with van der Waals surface area (Å²) in [5.74, 6) is -4.25. The van der Waals surface area contributed by atoms with Gasteiger partial charge in [-0.15, -0.1) is 0 Å². The summed E-state index contributed by atoms with van der Waals surface area (Å²) >= 11 is 0. The van der Waals surface area contributed by atoms with Crippen LogP contribution in [0.5, 0.6) is 0 Å². The molecule has 0 atom stereocenters. The van der Waals surface area contributed by atoms with Gasteiger partial charge in [0.15, 0.2) is 11.3 Å². The Bertz CT molecular complexity index is 2500. The quantitative estimate of drug-likeness (QED) is 0.0611. The standard InChI is InChI=1S/4C20H36N2O2.Ba/c4*1-10-13-19(8,9)20(16(23)24)21-14(17(4,5)11-2)15(22-20)18(6,7)12-3;/h4*10-13H2,1-9H3,(H,23,24);/q;;;;+2/p-2. The van der Waals surface area contributed by atoms with Crippen LogP contribution in [0.1, 0.15) is 352 Å². The summed E-state index contributed by atoms with van der Waals surface area (Å²) in [7, 11) is 0. The third-order valence-electron chi connectivity index (χ3n) is 23.7. The van der Waals surface area contributed by atoms with Crippen LogP contribution in [0, 0.1) is 65.0 Å². The molecule has 0 aromatic carbocycles. The van der Waals surface area contributed by atoms with Crippen molar-refractivity contribution in [2.45, 2.75) is 375 Å². The average Bonchev–Trinajstić information content (AvgIpc) is 1.61. The van der Waals surface area contributed by atoms with Gasteiger partial charge in [0.05, 0.1) is 57.6 Å². The molecule has 0 radical (unpaired) electrons. The first-order chi connectivity index (χ1) is 43.2. The molecule has 0 unspecified atom stereocenters. The van der Waals surface area contributed by atoms with E-state index in [4.69, 9.17) is 39.9 Å². The molecule has 0 aliphatic carbocycles. The topological polar surface area (TPSA) is 254 Å². The Morgan fingerprint density at radius 2 is 0.381 bits per heavy atom. The van der Waals surface area contributed by atoms with Gasteiger partial charge in [0.25, 0.3) is 11.3 Å². The van der Waals surface area contributed by atoms with Gasteiger partial charge < -0.3 is 30.0 Å². The predicted molar refractivity (Wildman–Crippen MR) is 409 cm³/mol. The van der Waals surface area contributed by atoms with Gasteiger partial charge in [0, 0.05) is 65.0 Å². The first kappa shape index (κ1) is 93.8. The van der Waals surface area contributed by atoms with E-state index in [0.717, 1.165) is 148 Å². The van der Waals surface area contributed by atoms with Crippen molar-refractivity contribution >= 4 is 118 Å². The number of nitrogens with zero attached hydrogens (tertiary/aromatic N) is 8. The van der Waals surface area contributed by atoms with E-state index in [-0.39, 0.29) is 92.2 Å². The minimum atomic E-state index is -1.52. The molecule has 0 amide bonds. The molecule has 0 aromatic rings. The van der Waals surface area contributed by atoms with Gasteiger partial charge in [-0.1, -0.05) is 275 Å². The Labute approximate surface area is 632 Å². The second-order valence-electron chi connectivity index (χ2n) is 36.0. The molecule has 4 aliphatic heterocycles. The maximum Gasteiger partial charge on any atom is 2.00 e. The van der Waals surface area contributed by atoms with E-state index in [2.05, 4.69) is 194 Å². The van der Waals surface area contributed by atoms with Crippen molar-refractivity contribution in [2.75, 3.05) is 0 Å². The zero-order valence-electron chi connectivity index (χ0n) is 68.9. The Hall–Kier alpha value is -3.19. The van der Waals surface area contributed by atoms with E-state index in [0.29, 0.717) is 0 Å². The minimum Gasteiger partial charge on any atom is -0.545 e. The molecule has 0 spiro atoms.